The van der Waals surface area contributed by atoms with Crippen molar-refractivity contribution in [1.82, 2.24) is 20.6 Å². The highest BCUT2D eigenvalue weighted by molar-refractivity contribution is 5.93. The number of carbonyl (C=O) groups excluding carboxylic acids is 3. The van der Waals surface area contributed by atoms with Gasteiger partial charge in [-0.1, -0.05) is 32.6 Å². The Hall–Kier alpha value is -1.67. The second-order valence-corrected chi connectivity index (χ2v) is 6.78. The van der Waals surface area contributed by atoms with Crippen LogP contribution in [-0.4, -0.2) is 72.5 Å². The molecule has 0 aromatic heterocycles. The number of amides is 3. The molecule has 0 aromatic carbocycles. The Kier molecular flexibility index (Phi) is 9.44. The van der Waals surface area contributed by atoms with Crippen LogP contribution >= 0.6 is 0 Å². The van der Waals surface area contributed by atoms with Crippen LogP contribution < -0.4 is 10.8 Å². The van der Waals surface area contributed by atoms with E-state index in [9.17, 15) is 14.4 Å². The topological polar surface area (TPSA) is 102 Å². The Morgan fingerprint density at radius 3 is 2.60 bits per heavy atom. The third kappa shape index (κ3) is 6.62. The number of piperazine rings is 1. The molecule has 2 atom stereocenters. The van der Waals surface area contributed by atoms with Crippen LogP contribution in [0.25, 0.3) is 0 Å². The number of hydrogen-bond acceptors (Lipinski definition) is 5. The van der Waals surface area contributed by atoms with Gasteiger partial charge in [-0.2, -0.15) is 0 Å². The van der Waals surface area contributed by atoms with Crippen molar-refractivity contribution >= 4 is 17.7 Å². The fourth-order valence-corrected chi connectivity index (χ4v) is 3.15. The van der Waals surface area contributed by atoms with E-state index in [2.05, 4.69) is 12.2 Å². The molecule has 8 nitrogen and oxygen atoms in total. The van der Waals surface area contributed by atoms with Gasteiger partial charge in [0.25, 0.3) is 0 Å². The number of hydroxylamine groups is 1. The van der Waals surface area contributed by atoms with Crippen LogP contribution in [0.15, 0.2) is 0 Å². The average Bonchev–Trinajstić information content (AvgIpc) is 2.62. The predicted molar refractivity (Wildman–Crippen MR) is 94.2 cm³/mol. The van der Waals surface area contributed by atoms with E-state index in [-0.39, 0.29) is 18.2 Å². The monoisotopic (exact) mass is 356 g/mol. The number of unbranched alkanes of at least 4 members (excludes halogenated alkanes) is 3. The molecule has 1 aliphatic heterocycles. The Balaban J connectivity index is 2.83. The van der Waals surface area contributed by atoms with Crippen LogP contribution in [0.5, 0.6) is 0 Å². The molecule has 1 unspecified atom stereocenters. The molecule has 3 amide bonds. The molecule has 25 heavy (non-hydrogen) atoms. The molecule has 1 rings (SSSR count). The highest BCUT2D eigenvalue weighted by Crippen LogP contribution is 2.21. The van der Waals surface area contributed by atoms with Crippen molar-refractivity contribution in [2.24, 2.45) is 5.92 Å². The predicted octanol–water partition coefficient (Wildman–Crippen LogP) is 0.993. The first-order chi connectivity index (χ1) is 11.9. The maximum Gasteiger partial charge on any atom is 0.320 e. The Morgan fingerprint density at radius 1 is 1.28 bits per heavy atom. The summed E-state index contributed by atoms with van der Waals surface area (Å²) in [5.74, 6) is -1.17. The summed E-state index contributed by atoms with van der Waals surface area (Å²) >= 11 is 0. The number of Topliss-reactive ketones (excluding diaryl/α,β-unsaturated/α-hetero) is 1. The van der Waals surface area contributed by atoms with Gasteiger partial charge in [0.2, 0.25) is 5.91 Å². The lowest BCUT2D eigenvalue weighted by Gasteiger charge is -2.38. The molecule has 0 spiro atoms. The van der Waals surface area contributed by atoms with Gasteiger partial charge < -0.3 is 15.1 Å². The number of ketones is 1. The smallest absolute Gasteiger partial charge is 0.320 e. The van der Waals surface area contributed by atoms with Crippen LogP contribution in [0.1, 0.15) is 45.4 Å². The maximum absolute atomic E-state index is 13.0. The van der Waals surface area contributed by atoms with Crippen molar-refractivity contribution in [3.8, 4) is 0 Å². The van der Waals surface area contributed by atoms with Crippen LogP contribution in [0.3, 0.4) is 0 Å². The first kappa shape index (κ1) is 21.4. The van der Waals surface area contributed by atoms with E-state index in [1.165, 1.54) is 4.90 Å². The molecule has 0 aromatic rings. The van der Waals surface area contributed by atoms with Gasteiger partial charge in [0.15, 0.2) is 5.78 Å². The van der Waals surface area contributed by atoms with Crippen molar-refractivity contribution in [1.29, 1.82) is 0 Å². The van der Waals surface area contributed by atoms with Crippen molar-refractivity contribution < 1.29 is 19.6 Å². The van der Waals surface area contributed by atoms with Crippen LogP contribution in [0, 0.1) is 5.92 Å². The largest absolute Gasteiger partial charge is 0.331 e. The molecule has 1 aliphatic rings. The molecule has 8 heteroatoms. The molecule has 0 radical (unpaired) electrons. The van der Waals surface area contributed by atoms with Gasteiger partial charge in [-0.15, -0.1) is 0 Å². The summed E-state index contributed by atoms with van der Waals surface area (Å²) < 4.78 is 0. The molecule has 0 aliphatic carbocycles. The fourth-order valence-electron chi connectivity index (χ4n) is 3.15. The highest BCUT2D eigenvalue weighted by Gasteiger charge is 2.36. The van der Waals surface area contributed by atoms with E-state index in [4.69, 9.17) is 5.21 Å². The second kappa shape index (κ2) is 11.0. The molecule has 1 fully saturated rings. The SMILES string of the molecule is CCCCCCC(CC(=O)NO)C(=O)[C@@H]1CNCCN1C(=O)N(C)C. The zero-order valence-corrected chi connectivity index (χ0v) is 15.6. The van der Waals surface area contributed by atoms with Gasteiger partial charge in [0.1, 0.15) is 6.04 Å². The van der Waals surface area contributed by atoms with Gasteiger partial charge >= 0.3 is 6.03 Å². The number of rotatable bonds is 9. The van der Waals surface area contributed by atoms with Crippen molar-refractivity contribution in [2.45, 2.75) is 51.5 Å². The third-order valence-corrected chi connectivity index (χ3v) is 4.57. The summed E-state index contributed by atoms with van der Waals surface area (Å²) in [6.07, 6.45) is 4.57. The lowest BCUT2D eigenvalue weighted by atomic mass is 9.88. The van der Waals surface area contributed by atoms with Crippen molar-refractivity contribution in [3.05, 3.63) is 0 Å². The Bertz CT molecular complexity index is 456. The minimum atomic E-state index is -0.577. The van der Waals surface area contributed by atoms with E-state index in [1.807, 2.05) is 0 Å². The van der Waals surface area contributed by atoms with Gasteiger partial charge in [0.05, 0.1) is 0 Å². The molecular weight excluding hydrogens is 324 g/mol. The standard InChI is InChI=1S/C17H32N4O4/c1-4-5-6-7-8-13(11-15(22)19-25)16(23)14-12-18-9-10-21(14)17(24)20(2)3/h13-14,18,25H,4-12H2,1-3H3,(H,19,22)/t13?,14-/m0/s1. The zero-order valence-electron chi connectivity index (χ0n) is 15.6. The van der Waals surface area contributed by atoms with E-state index in [0.29, 0.717) is 26.1 Å². The van der Waals surface area contributed by atoms with Crippen molar-refractivity contribution in [3.63, 3.8) is 0 Å². The highest BCUT2D eigenvalue weighted by atomic mass is 16.5. The third-order valence-electron chi connectivity index (χ3n) is 4.57. The quantitative estimate of drug-likeness (QED) is 0.325. The first-order valence-corrected chi connectivity index (χ1v) is 9.07. The molecule has 0 saturated carbocycles. The number of nitrogens with one attached hydrogen (secondary N) is 2. The maximum atomic E-state index is 13.0. The van der Waals surface area contributed by atoms with E-state index in [0.717, 1.165) is 25.7 Å². The Morgan fingerprint density at radius 2 is 2.00 bits per heavy atom. The lowest BCUT2D eigenvalue weighted by Crippen LogP contribution is -2.60. The number of urea groups is 1. The van der Waals surface area contributed by atoms with Gasteiger partial charge in [-0.05, 0) is 6.42 Å². The zero-order chi connectivity index (χ0) is 18.8. The molecule has 1 heterocycles. The normalized spacial score (nSPS) is 18.6. The Labute approximate surface area is 149 Å². The number of hydrogen-bond donors (Lipinski definition) is 3. The summed E-state index contributed by atoms with van der Waals surface area (Å²) in [4.78, 5) is 40.0. The van der Waals surface area contributed by atoms with Gasteiger partial charge in [0, 0.05) is 46.1 Å². The van der Waals surface area contributed by atoms with E-state index >= 15 is 0 Å². The fraction of sp³-hybridized carbons (Fsp3) is 0.824. The second-order valence-electron chi connectivity index (χ2n) is 6.78. The van der Waals surface area contributed by atoms with Crippen molar-refractivity contribution in [2.75, 3.05) is 33.7 Å². The summed E-state index contributed by atoms with van der Waals surface area (Å²) in [6, 6.07) is -0.775. The average molecular weight is 356 g/mol. The molecule has 0 bridgehead atoms. The summed E-state index contributed by atoms with van der Waals surface area (Å²) in [5.41, 5.74) is 1.61. The number of nitrogens with zero attached hydrogens (tertiary/aromatic N) is 2. The van der Waals surface area contributed by atoms with E-state index in [1.54, 1.807) is 24.5 Å². The van der Waals surface area contributed by atoms with E-state index < -0.39 is 17.9 Å². The van der Waals surface area contributed by atoms with Crippen LogP contribution in [0.2, 0.25) is 0 Å². The minimum absolute atomic E-state index is 0.0536. The number of carbonyl (C=O) groups is 3. The molecule has 3 N–H and O–H groups in total. The van der Waals surface area contributed by atoms with Crippen LogP contribution in [0.4, 0.5) is 4.79 Å². The molecule has 1 saturated heterocycles. The summed E-state index contributed by atoms with van der Waals surface area (Å²) in [6.45, 7) is 3.61. The van der Waals surface area contributed by atoms with Crippen LogP contribution in [-0.2, 0) is 9.59 Å². The summed E-state index contributed by atoms with van der Waals surface area (Å²) in [7, 11) is 3.32. The summed E-state index contributed by atoms with van der Waals surface area (Å²) in [5, 5.41) is 12.0. The van der Waals surface area contributed by atoms with Gasteiger partial charge in [-0.3, -0.25) is 14.8 Å². The van der Waals surface area contributed by atoms with Gasteiger partial charge in [-0.25, -0.2) is 10.3 Å². The molecular formula is C17H32N4O4. The lowest BCUT2D eigenvalue weighted by molar-refractivity contribution is -0.136. The minimum Gasteiger partial charge on any atom is -0.331 e. The first-order valence-electron chi connectivity index (χ1n) is 9.07. The molecule has 144 valence electrons.